The summed E-state index contributed by atoms with van der Waals surface area (Å²) in [5.41, 5.74) is 7.97. The van der Waals surface area contributed by atoms with E-state index in [0.717, 1.165) is 24.4 Å². The summed E-state index contributed by atoms with van der Waals surface area (Å²) >= 11 is 0. The van der Waals surface area contributed by atoms with E-state index in [4.69, 9.17) is 10.5 Å². The number of carbonyl (C=O) groups excluding carboxylic acids is 1. The first-order valence-corrected chi connectivity index (χ1v) is 6.70. The largest absolute Gasteiger partial charge is 0.379 e. The van der Waals surface area contributed by atoms with Gasteiger partial charge in [0.2, 0.25) is 5.91 Å². The molecule has 2 unspecified atom stereocenters. The second-order valence-electron chi connectivity index (χ2n) is 5.10. The van der Waals surface area contributed by atoms with Gasteiger partial charge >= 0.3 is 0 Å². The number of carbonyl (C=O) groups is 1. The van der Waals surface area contributed by atoms with Gasteiger partial charge in [0.05, 0.1) is 24.8 Å². The third-order valence-electron chi connectivity index (χ3n) is 3.41. The van der Waals surface area contributed by atoms with Crippen molar-refractivity contribution in [2.45, 2.75) is 32.9 Å². The number of amides is 1. The molecule has 2 rings (SSSR count). The van der Waals surface area contributed by atoms with Crippen LogP contribution in [0.2, 0.25) is 0 Å². The summed E-state index contributed by atoms with van der Waals surface area (Å²) in [6.07, 6.45) is 0.858. The molecule has 0 spiro atoms. The minimum Gasteiger partial charge on any atom is -0.379 e. The normalized spacial score (nSPS) is 22.7. The Morgan fingerprint density at radius 2 is 2.37 bits per heavy atom. The minimum absolute atomic E-state index is 0.00151. The summed E-state index contributed by atoms with van der Waals surface area (Å²) in [7, 11) is 0. The Bertz CT molecular complexity index is 444. The lowest BCUT2D eigenvalue weighted by atomic mass is 10.0. The highest BCUT2D eigenvalue weighted by Gasteiger charge is 2.30. The van der Waals surface area contributed by atoms with Crippen molar-refractivity contribution in [3.05, 3.63) is 17.5 Å². The maximum atomic E-state index is 11.8. The lowest BCUT2D eigenvalue weighted by molar-refractivity contribution is -0.125. The van der Waals surface area contributed by atoms with E-state index in [1.165, 1.54) is 0 Å². The van der Waals surface area contributed by atoms with E-state index in [-0.39, 0.29) is 17.9 Å². The highest BCUT2D eigenvalue weighted by Crippen LogP contribution is 2.11. The highest BCUT2D eigenvalue weighted by atomic mass is 16.5. The quantitative estimate of drug-likeness (QED) is 0.734. The van der Waals surface area contributed by atoms with E-state index in [0.29, 0.717) is 19.8 Å². The van der Waals surface area contributed by atoms with Crippen LogP contribution in [0.1, 0.15) is 17.8 Å². The van der Waals surface area contributed by atoms with Crippen molar-refractivity contribution in [2.24, 2.45) is 11.7 Å². The summed E-state index contributed by atoms with van der Waals surface area (Å²) in [5, 5.41) is 7.29. The number of nitrogens with one attached hydrogen (secondary N) is 1. The van der Waals surface area contributed by atoms with Crippen molar-refractivity contribution in [1.82, 2.24) is 15.1 Å². The van der Waals surface area contributed by atoms with Crippen molar-refractivity contribution >= 4 is 5.91 Å². The van der Waals surface area contributed by atoms with Crippen LogP contribution in [0.3, 0.4) is 0 Å². The fourth-order valence-corrected chi connectivity index (χ4v) is 2.31. The maximum absolute atomic E-state index is 11.8. The van der Waals surface area contributed by atoms with E-state index in [1.807, 2.05) is 24.6 Å². The van der Waals surface area contributed by atoms with Crippen LogP contribution in [0.25, 0.3) is 0 Å². The number of rotatable bonds is 5. The fraction of sp³-hybridized carbons (Fsp3) is 0.692. The van der Waals surface area contributed by atoms with Crippen LogP contribution in [0.4, 0.5) is 0 Å². The van der Waals surface area contributed by atoms with Crippen LogP contribution < -0.4 is 11.1 Å². The van der Waals surface area contributed by atoms with Gasteiger partial charge in [0, 0.05) is 24.8 Å². The van der Waals surface area contributed by atoms with E-state index >= 15 is 0 Å². The number of nitrogens with two attached hydrogens (primary N) is 1. The Balaban J connectivity index is 1.69. The zero-order chi connectivity index (χ0) is 13.8. The molecule has 0 saturated carbocycles. The van der Waals surface area contributed by atoms with Crippen LogP contribution in [0, 0.1) is 19.8 Å². The first kappa shape index (κ1) is 14.0. The summed E-state index contributed by atoms with van der Waals surface area (Å²) < 4.78 is 7.15. The van der Waals surface area contributed by atoms with Crippen molar-refractivity contribution in [1.29, 1.82) is 0 Å². The van der Waals surface area contributed by atoms with Crippen molar-refractivity contribution in [3.8, 4) is 0 Å². The second-order valence-corrected chi connectivity index (χ2v) is 5.10. The van der Waals surface area contributed by atoms with Gasteiger partial charge in [-0.15, -0.1) is 0 Å². The Morgan fingerprint density at radius 1 is 1.58 bits per heavy atom. The van der Waals surface area contributed by atoms with Crippen molar-refractivity contribution in [2.75, 3.05) is 19.8 Å². The molecule has 2 heterocycles. The van der Waals surface area contributed by atoms with E-state index in [9.17, 15) is 4.79 Å². The van der Waals surface area contributed by atoms with Crippen molar-refractivity contribution in [3.63, 3.8) is 0 Å². The third-order valence-corrected chi connectivity index (χ3v) is 3.41. The Kier molecular flexibility index (Phi) is 4.55. The van der Waals surface area contributed by atoms with Gasteiger partial charge in [-0.1, -0.05) is 0 Å². The zero-order valence-electron chi connectivity index (χ0n) is 11.6. The van der Waals surface area contributed by atoms with Gasteiger partial charge in [-0.2, -0.15) is 5.10 Å². The van der Waals surface area contributed by atoms with Gasteiger partial charge in [0.25, 0.3) is 0 Å². The molecular weight excluding hydrogens is 244 g/mol. The van der Waals surface area contributed by atoms with Crippen LogP contribution in [0.5, 0.6) is 0 Å². The van der Waals surface area contributed by atoms with Crippen LogP contribution in [0.15, 0.2) is 6.07 Å². The molecule has 6 nitrogen and oxygen atoms in total. The molecule has 6 heteroatoms. The Hall–Kier alpha value is -1.40. The molecule has 0 radical (unpaired) electrons. The number of ether oxygens (including phenoxy) is 1. The monoisotopic (exact) mass is 266 g/mol. The molecule has 1 aromatic heterocycles. The number of aryl methyl sites for hydroxylation is 3. The predicted octanol–water partition coefficient (Wildman–Crippen LogP) is -0.0201. The van der Waals surface area contributed by atoms with Gasteiger partial charge in [0.15, 0.2) is 0 Å². The number of aromatic nitrogens is 2. The first-order valence-electron chi connectivity index (χ1n) is 6.70. The smallest absolute Gasteiger partial charge is 0.227 e. The molecule has 2 atom stereocenters. The maximum Gasteiger partial charge on any atom is 0.227 e. The highest BCUT2D eigenvalue weighted by molar-refractivity contribution is 5.79. The fourth-order valence-electron chi connectivity index (χ4n) is 2.31. The zero-order valence-corrected chi connectivity index (χ0v) is 11.6. The molecule has 0 bridgehead atoms. The topological polar surface area (TPSA) is 82.2 Å². The van der Waals surface area contributed by atoms with Gasteiger partial charge in [-0.25, -0.2) is 0 Å². The second kappa shape index (κ2) is 6.16. The van der Waals surface area contributed by atoms with Crippen LogP contribution >= 0.6 is 0 Å². The molecule has 1 amide bonds. The molecule has 1 aromatic rings. The molecule has 0 aliphatic carbocycles. The van der Waals surface area contributed by atoms with E-state index < -0.39 is 0 Å². The summed E-state index contributed by atoms with van der Waals surface area (Å²) in [5.74, 6) is -0.202. The molecule has 0 aromatic carbocycles. The van der Waals surface area contributed by atoms with Gasteiger partial charge in [0.1, 0.15) is 0 Å². The lowest BCUT2D eigenvalue weighted by Crippen LogP contribution is -2.41. The molecule has 19 heavy (non-hydrogen) atoms. The minimum atomic E-state index is -0.200. The average molecular weight is 266 g/mol. The Morgan fingerprint density at radius 3 is 2.95 bits per heavy atom. The summed E-state index contributed by atoms with van der Waals surface area (Å²) in [4.78, 5) is 11.8. The van der Waals surface area contributed by atoms with E-state index in [1.54, 1.807) is 0 Å². The molecule has 1 aliphatic rings. The van der Waals surface area contributed by atoms with Crippen molar-refractivity contribution < 1.29 is 9.53 Å². The van der Waals surface area contributed by atoms with Gasteiger partial charge < -0.3 is 15.8 Å². The third kappa shape index (κ3) is 3.54. The number of hydrogen-bond donors (Lipinski definition) is 2. The molecule has 1 aliphatic heterocycles. The van der Waals surface area contributed by atoms with E-state index in [2.05, 4.69) is 10.4 Å². The number of nitrogens with zero attached hydrogens (tertiary/aromatic N) is 2. The SMILES string of the molecule is Cc1cc(C)n(CCCNC(=O)C2COCC2N)n1. The average Bonchev–Trinajstić information content (AvgIpc) is 2.91. The molecule has 3 N–H and O–H groups in total. The van der Waals surface area contributed by atoms with Gasteiger partial charge in [-0.05, 0) is 26.3 Å². The van der Waals surface area contributed by atoms with Crippen LogP contribution in [-0.4, -0.2) is 41.5 Å². The molecule has 106 valence electrons. The predicted molar refractivity (Wildman–Crippen MR) is 71.6 cm³/mol. The number of hydrogen-bond acceptors (Lipinski definition) is 4. The molecule has 1 saturated heterocycles. The Labute approximate surface area is 113 Å². The summed E-state index contributed by atoms with van der Waals surface area (Å²) in [6.45, 7) is 6.38. The summed E-state index contributed by atoms with van der Waals surface area (Å²) in [6, 6.07) is 1.88. The first-order chi connectivity index (χ1) is 9.08. The lowest BCUT2D eigenvalue weighted by Gasteiger charge is -2.13. The van der Waals surface area contributed by atoms with Crippen LogP contribution in [-0.2, 0) is 16.1 Å². The molecular formula is C13H22N4O2. The standard InChI is InChI=1S/C13H22N4O2/c1-9-6-10(2)17(16-9)5-3-4-15-13(18)11-7-19-8-12(11)14/h6,11-12H,3-5,7-8,14H2,1-2H3,(H,15,18). The van der Waals surface area contributed by atoms with Gasteiger partial charge in [-0.3, -0.25) is 9.48 Å². The molecule has 1 fully saturated rings.